The van der Waals surface area contributed by atoms with E-state index in [0.717, 1.165) is 11.3 Å². The fourth-order valence-corrected chi connectivity index (χ4v) is 1.38. The third-order valence-electron chi connectivity index (χ3n) is 2.52. The van der Waals surface area contributed by atoms with E-state index in [0.29, 0.717) is 5.82 Å². The van der Waals surface area contributed by atoms with Crippen LogP contribution < -0.4 is 11.1 Å². The molecule has 1 aromatic rings. The number of anilines is 1. The predicted octanol–water partition coefficient (Wildman–Crippen LogP) is 1.95. The zero-order chi connectivity index (χ0) is 13.2. The van der Waals surface area contributed by atoms with Gasteiger partial charge in [-0.1, -0.05) is 12.2 Å². The summed E-state index contributed by atoms with van der Waals surface area (Å²) in [5.74, 6) is 0.277. The molecule has 0 saturated heterocycles. The monoisotopic (exact) mass is 251 g/mol. The Morgan fingerprint density at radius 3 is 2.47 bits per heavy atom. The second kappa shape index (κ2) is 4.79. The highest BCUT2D eigenvalue weighted by Crippen LogP contribution is 2.19. The predicted molar refractivity (Wildman–Crippen MR) is 72.9 cm³/mol. The van der Waals surface area contributed by atoms with Gasteiger partial charge in [-0.2, -0.15) is 0 Å². The third kappa shape index (κ3) is 3.23. The average Bonchev–Trinajstić information content (AvgIpc) is 2.15. The minimum Gasteiger partial charge on any atom is -0.392 e. The smallest absolute Gasteiger partial charge is 0.238 e. The van der Waals surface area contributed by atoms with E-state index >= 15 is 0 Å². The molecule has 0 atom stereocenters. The summed E-state index contributed by atoms with van der Waals surface area (Å²) in [5.41, 5.74) is 6.55. The summed E-state index contributed by atoms with van der Waals surface area (Å²) in [5, 5.41) is 2.73. The number of thiocarbonyl (C=S) groups is 1. The van der Waals surface area contributed by atoms with Gasteiger partial charge in [-0.05, 0) is 45.4 Å². The van der Waals surface area contributed by atoms with Crippen LogP contribution in [0, 0.1) is 19.3 Å². The molecule has 1 heterocycles. The summed E-state index contributed by atoms with van der Waals surface area (Å²) in [4.78, 5) is 16.4. The number of aryl methyl sites for hydroxylation is 2. The number of rotatable bonds is 3. The molecule has 0 aromatic carbocycles. The second-order valence-electron chi connectivity index (χ2n) is 4.61. The van der Waals surface area contributed by atoms with Crippen LogP contribution in [0.2, 0.25) is 0 Å². The van der Waals surface area contributed by atoms with Gasteiger partial charge in [0.2, 0.25) is 5.91 Å². The molecule has 0 saturated carbocycles. The zero-order valence-electron chi connectivity index (χ0n) is 10.5. The molecule has 92 valence electrons. The maximum Gasteiger partial charge on any atom is 0.238 e. The molecule has 1 amide bonds. The normalized spacial score (nSPS) is 11.1. The lowest BCUT2D eigenvalue weighted by atomic mass is 9.92. The Labute approximate surface area is 107 Å². The fraction of sp³-hybridized carbons (Fsp3) is 0.417. The fourth-order valence-electron chi connectivity index (χ4n) is 1.29. The standard InChI is InChI=1S/C12H17N3OS/c1-7-5-8(2)14-9(6-7)15-11(16)12(3,4)10(13)17/h5-6H,1-4H3,(H2,13,17)(H,14,15,16). The van der Waals surface area contributed by atoms with Gasteiger partial charge in [-0.15, -0.1) is 0 Å². The van der Waals surface area contributed by atoms with Crippen molar-refractivity contribution in [2.24, 2.45) is 11.1 Å². The lowest BCUT2D eigenvalue weighted by Crippen LogP contribution is -2.41. The van der Waals surface area contributed by atoms with Crippen molar-refractivity contribution in [3.05, 3.63) is 23.4 Å². The van der Waals surface area contributed by atoms with Crippen molar-refractivity contribution in [2.75, 3.05) is 5.32 Å². The van der Waals surface area contributed by atoms with Gasteiger partial charge in [0.05, 0.1) is 10.4 Å². The molecule has 5 heteroatoms. The van der Waals surface area contributed by atoms with Crippen molar-refractivity contribution in [1.82, 2.24) is 4.98 Å². The molecule has 1 aromatic heterocycles. The number of hydrogen-bond acceptors (Lipinski definition) is 3. The van der Waals surface area contributed by atoms with Crippen molar-refractivity contribution >= 4 is 28.9 Å². The van der Waals surface area contributed by atoms with Crippen LogP contribution in [-0.4, -0.2) is 15.9 Å². The molecule has 1 rings (SSSR count). The Kier molecular flexibility index (Phi) is 3.83. The molecule has 0 aliphatic heterocycles. The molecule has 0 spiro atoms. The van der Waals surface area contributed by atoms with Crippen LogP contribution in [0.3, 0.4) is 0 Å². The number of aromatic nitrogens is 1. The number of amides is 1. The van der Waals surface area contributed by atoms with E-state index in [1.807, 2.05) is 19.9 Å². The highest BCUT2D eigenvalue weighted by Gasteiger charge is 2.31. The van der Waals surface area contributed by atoms with Gasteiger partial charge in [0.15, 0.2) is 0 Å². The number of carbonyl (C=O) groups excluding carboxylic acids is 1. The third-order valence-corrected chi connectivity index (χ3v) is 3.03. The van der Waals surface area contributed by atoms with Gasteiger partial charge in [0.1, 0.15) is 5.82 Å². The molecule has 4 nitrogen and oxygen atoms in total. The van der Waals surface area contributed by atoms with Crippen LogP contribution in [0.25, 0.3) is 0 Å². The Bertz CT molecular complexity index is 449. The first-order chi connectivity index (χ1) is 7.73. The Hall–Kier alpha value is -1.49. The van der Waals surface area contributed by atoms with E-state index in [2.05, 4.69) is 10.3 Å². The average molecular weight is 251 g/mol. The summed E-state index contributed by atoms with van der Waals surface area (Å²) in [6.07, 6.45) is 0. The molecule has 17 heavy (non-hydrogen) atoms. The molecule has 0 unspecified atom stereocenters. The molecule has 0 aliphatic carbocycles. The number of pyridine rings is 1. The van der Waals surface area contributed by atoms with Gasteiger partial charge >= 0.3 is 0 Å². The summed E-state index contributed by atoms with van der Waals surface area (Å²) >= 11 is 4.87. The summed E-state index contributed by atoms with van der Waals surface area (Å²) < 4.78 is 0. The maximum atomic E-state index is 12.0. The van der Waals surface area contributed by atoms with Crippen molar-refractivity contribution in [1.29, 1.82) is 0 Å². The lowest BCUT2D eigenvalue weighted by Gasteiger charge is -2.21. The van der Waals surface area contributed by atoms with E-state index in [1.54, 1.807) is 19.9 Å². The zero-order valence-corrected chi connectivity index (χ0v) is 11.3. The first-order valence-corrected chi connectivity index (χ1v) is 5.71. The van der Waals surface area contributed by atoms with Crippen LogP contribution in [0.1, 0.15) is 25.1 Å². The van der Waals surface area contributed by atoms with Crippen molar-refractivity contribution < 1.29 is 4.79 Å². The quantitative estimate of drug-likeness (QED) is 0.806. The molecular formula is C12H17N3OS. The van der Waals surface area contributed by atoms with Gasteiger partial charge in [0, 0.05) is 5.69 Å². The number of carbonyl (C=O) groups is 1. The van der Waals surface area contributed by atoms with E-state index in [9.17, 15) is 4.79 Å². The van der Waals surface area contributed by atoms with Crippen molar-refractivity contribution in [2.45, 2.75) is 27.7 Å². The van der Waals surface area contributed by atoms with Gasteiger partial charge < -0.3 is 11.1 Å². The van der Waals surface area contributed by atoms with Crippen molar-refractivity contribution in [3.8, 4) is 0 Å². The van der Waals surface area contributed by atoms with Crippen LogP contribution >= 0.6 is 12.2 Å². The number of nitrogens with one attached hydrogen (secondary N) is 1. The van der Waals surface area contributed by atoms with Crippen molar-refractivity contribution in [3.63, 3.8) is 0 Å². The minimum atomic E-state index is -0.880. The van der Waals surface area contributed by atoms with E-state index in [1.165, 1.54) is 0 Å². The number of nitrogens with zero attached hydrogens (tertiary/aromatic N) is 1. The van der Waals surface area contributed by atoms with Crippen LogP contribution in [0.15, 0.2) is 12.1 Å². The maximum absolute atomic E-state index is 12.0. The van der Waals surface area contributed by atoms with Gasteiger partial charge in [-0.3, -0.25) is 4.79 Å². The van der Waals surface area contributed by atoms with E-state index in [-0.39, 0.29) is 10.9 Å². The molecule has 0 fully saturated rings. The first kappa shape index (κ1) is 13.6. The molecule has 0 radical (unpaired) electrons. The minimum absolute atomic E-state index is 0.166. The summed E-state index contributed by atoms with van der Waals surface area (Å²) in [7, 11) is 0. The Morgan fingerprint density at radius 2 is 2.00 bits per heavy atom. The highest BCUT2D eigenvalue weighted by atomic mass is 32.1. The number of nitrogens with two attached hydrogens (primary N) is 1. The lowest BCUT2D eigenvalue weighted by molar-refractivity contribution is -0.121. The highest BCUT2D eigenvalue weighted by molar-refractivity contribution is 7.80. The van der Waals surface area contributed by atoms with E-state index in [4.69, 9.17) is 18.0 Å². The Balaban J connectivity index is 2.92. The van der Waals surface area contributed by atoms with Gasteiger partial charge in [0.25, 0.3) is 0 Å². The molecular weight excluding hydrogens is 234 g/mol. The molecule has 3 N–H and O–H groups in total. The number of hydrogen-bond donors (Lipinski definition) is 2. The van der Waals surface area contributed by atoms with Crippen LogP contribution in [-0.2, 0) is 4.79 Å². The molecule has 0 aliphatic rings. The summed E-state index contributed by atoms with van der Waals surface area (Å²) in [6.45, 7) is 7.20. The van der Waals surface area contributed by atoms with Gasteiger partial charge in [-0.25, -0.2) is 4.98 Å². The topological polar surface area (TPSA) is 68.0 Å². The first-order valence-electron chi connectivity index (χ1n) is 5.30. The SMILES string of the molecule is Cc1cc(C)nc(NC(=O)C(C)(C)C(N)=S)c1. The molecule has 0 bridgehead atoms. The Morgan fingerprint density at radius 1 is 1.41 bits per heavy atom. The summed E-state index contributed by atoms with van der Waals surface area (Å²) in [6, 6.07) is 3.74. The largest absolute Gasteiger partial charge is 0.392 e. The van der Waals surface area contributed by atoms with Crippen LogP contribution in [0.5, 0.6) is 0 Å². The van der Waals surface area contributed by atoms with Crippen LogP contribution in [0.4, 0.5) is 5.82 Å². The van der Waals surface area contributed by atoms with E-state index < -0.39 is 5.41 Å². The second-order valence-corrected chi connectivity index (χ2v) is 5.05.